The monoisotopic (exact) mass is 126 g/mol. The Morgan fingerprint density at radius 3 is 2.78 bits per heavy atom. The van der Waals surface area contributed by atoms with Crippen molar-refractivity contribution in [1.29, 1.82) is 0 Å². The Labute approximate surface area is 56.4 Å². The van der Waals surface area contributed by atoms with Gasteiger partial charge in [-0.1, -0.05) is 19.1 Å². The molecule has 0 aromatic rings. The van der Waals surface area contributed by atoms with Crippen LogP contribution in [0.1, 0.15) is 32.6 Å². The summed E-state index contributed by atoms with van der Waals surface area (Å²) in [5.41, 5.74) is -0.460. The molecule has 1 heteroatoms. The smallest absolute Gasteiger partial charge is 0.0825 e. The Morgan fingerprint density at radius 1 is 1.67 bits per heavy atom. The molecule has 0 aromatic carbocycles. The fourth-order valence-electron chi connectivity index (χ4n) is 1.21. The van der Waals surface area contributed by atoms with Gasteiger partial charge in [0.2, 0.25) is 0 Å². The third-order valence-corrected chi connectivity index (χ3v) is 2.02. The zero-order valence-electron chi connectivity index (χ0n) is 5.93. The van der Waals surface area contributed by atoms with E-state index in [0.717, 1.165) is 25.7 Å². The molecule has 0 aliphatic heterocycles. The highest BCUT2D eigenvalue weighted by molar-refractivity contribution is 5.03. The second-order valence-electron chi connectivity index (χ2n) is 2.75. The summed E-state index contributed by atoms with van der Waals surface area (Å²) in [7, 11) is 0. The fraction of sp³-hybridized carbons (Fsp3) is 0.750. The van der Waals surface area contributed by atoms with Crippen LogP contribution < -0.4 is 0 Å². The van der Waals surface area contributed by atoms with Crippen LogP contribution in [0.3, 0.4) is 0 Å². The van der Waals surface area contributed by atoms with Crippen molar-refractivity contribution in [2.24, 2.45) is 0 Å². The minimum absolute atomic E-state index is 0.460. The van der Waals surface area contributed by atoms with Gasteiger partial charge in [-0.2, -0.15) is 0 Å². The van der Waals surface area contributed by atoms with E-state index in [1.54, 1.807) is 0 Å². The van der Waals surface area contributed by atoms with Crippen LogP contribution in [0.15, 0.2) is 12.2 Å². The predicted octanol–water partition coefficient (Wildman–Crippen LogP) is 1.87. The Kier molecular flexibility index (Phi) is 1.91. The average Bonchev–Trinajstić information content (AvgIpc) is 1.90. The lowest BCUT2D eigenvalue weighted by molar-refractivity contribution is 0.0708. The van der Waals surface area contributed by atoms with Crippen LogP contribution in [0.5, 0.6) is 0 Å². The van der Waals surface area contributed by atoms with Crippen molar-refractivity contribution in [3.63, 3.8) is 0 Å². The standard InChI is InChI=1S/C8H14O/c1-2-8(9)6-4-3-5-7-8/h4,6,9H,2-3,5,7H2,1H3. The summed E-state index contributed by atoms with van der Waals surface area (Å²) in [6, 6.07) is 0. The van der Waals surface area contributed by atoms with Crippen LogP contribution >= 0.6 is 0 Å². The third-order valence-electron chi connectivity index (χ3n) is 2.02. The first-order chi connectivity index (χ1) is 4.27. The molecule has 0 aromatic heterocycles. The molecule has 1 atom stereocenters. The molecule has 0 spiro atoms. The molecule has 0 radical (unpaired) electrons. The van der Waals surface area contributed by atoms with Gasteiger partial charge in [-0.15, -0.1) is 0 Å². The summed E-state index contributed by atoms with van der Waals surface area (Å²) in [5, 5.41) is 9.59. The Balaban J connectivity index is 2.56. The lowest BCUT2D eigenvalue weighted by Crippen LogP contribution is -2.26. The fourth-order valence-corrected chi connectivity index (χ4v) is 1.21. The molecular formula is C8H14O. The molecule has 0 bridgehead atoms. The number of hydrogen-bond donors (Lipinski definition) is 1. The van der Waals surface area contributed by atoms with Crippen LogP contribution in [0.25, 0.3) is 0 Å². The van der Waals surface area contributed by atoms with Crippen LogP contribution in [0.4, 0.5) is 0 Å². The summed E-state index contributed by atoms with van der Waals surface area (Å²) in [5.74, 6) is 0. The van der Waals surface area contributed by atoms with Crippen molar-refractivity contribution in [2.45, 2.75) is 38.2 Å². The van der Waals surface area contributed by atoms with E-state index in [1.165, 1.54) is 0 Å². The van der Waals surface area contributed by atoms with E-state index in [0.29, 0.717) is 0 Å². The molecule has 0 heterocycles. The minimum Gasteiger partial charge on any atom is -0.386 e. The van der Waals surface area contributed by atoms with Crippen LogP contribution in [0, 0.1) is 0 Å². The molecular weight excluding hydrogens is 112 g/mol. The van der Waals surface area contributed by atoms with E-state index in [4.69, 9.17) is 0 Å². The van der Waals surface area contributed by atoms with Gasteiger partial charge < -0.3 is 5.11 Å². The second kappa shape index (κ2) is 2.53. The highest BCUT2D eigenvalue weighted by Gasteiger charge is 2.21. The number of hydrogen-bond acceptors (Lipinski definition) is 1. The van der Waals surface area contributed by atoms with Crippen molar-refractivity contribution in [3.05, 3.63) is 12.2 Å². The molecule has 1 nitrogen and oxygen atoms in total. The van der Waals surface area contributed by atoms with Gasteiger partial charge in [0, 0.05) is 0 Å². The van der Waals surface area contributed by atoms with Crippen molar-refractivity contribution in [1.82, 2.24) is 0 Å². The summed E-state index contributed by atoms with van der Waals surface area (Å²) in [6.07, 6.45) is 8.09. The van der Waals surface area contributed by atoms with Crippen molar-refractivity contribution < 1.29 is 5.11 Å². The predicted molar refractivity (Wildman–Crippen MR) is 38.2 cm³/mol. The number of rotatable bonds is 1. The Hall–Kier alpha value is -0.300. The highest BCUT2D eigenvalue weighted by atomic mass is 16.3. The maximum absolute atomic E-state index is 9.59. The van der Waals surface area contributed by atoms with Crippen LogP contribution in [-0.2, 0) is 0 Å². The van der Waals surface area contributed by atoms with Gasteiger partial charge in [0.25, 0.3) is 0 Å². The molecule has 0 saturated carbocycles. The quantitative estimate of drug-likeness (QED) is 0.532. The van der Waals surface area contributed by atoms with Gasteiger partial charge >= 0.3 is 0 Å². The average molecular weight is 126 g/mol. The summed E-state index contributed by atoms with van der Waals surface area (Å²) in [4.78, 5) is 0. The zero-order chi connectivity index (χ0) is 6.74. The van der Waals surface area contributed by atoms with Gasteiger partial charge in [0.15, 0.2) is 0 Å². The number of allylic oxidation sites excluding steroid dienone is 1. The largest absolute Gasteiger partial charge is 0.386 e. The molecule has 1 rings (SSSR count). The van der Waals surface area contributed by atoms with Gasteiger partial charge in [0.1, 0.15) is 0 Å². The lowest BCUT2D eigenvalue weighted by atomic mass is 9.89. The summed E-state index contributed by atoms with van der Waals surface area (Å²) < 4.78 is 0. The second-order valence-corrected chi connectivity index (χ2v) is 2.75. The molecule has 0 saturated heterocycles. The summed E-state index contributed by atoms with van der Waals surface area (Å²) >= 11 is 0. The zero-order valence-corrected chi connectivity index (χ0v) is 5.93. The minimum atomic E-state index is -0.460. The first-order valence-electron chi connectivity index (χ1n) is 3.67. The molecule has 0 fully saturated rings. The van der Waals surface area contributed by atoms with Gasteiger partial charge in [0.05, 0.1) is 5.60 Å². The highest BCUT2D eigenvalue weighted by Crippen LogP contribution is 2.24. The molecule has 1 aliphatic rings. The van der Waals surface area contributed by atoms with Crippen LogP contribution in [-0.4, -0.2) is 10.7 Å². The first kappa shape index (κ1) is 6.81. The number of aliphatic hydroxyl groups is 1. The normalized spacial score (nSPS) is 34.9. The summed E-state index contributed by atoms with van der Waals surface area (Å²) in [6.45, 7) is 2.02. The SMILES string of the molecule is CCC1(O)C=CCCC1. The molecule has 9 heavy (non-hydrogen) atoms. The van der Waals surface area contributed by atoms with Gasteiger partial charge in [-0.05, 0) is 25.7 Å². The van der Waals surface area contributed by atoms with E-state index in [9.17, 15) is 5.11 Å². The van der Waals surface area contributed by atoms with Gasteiger partial charge in [-0.3, -0.25) is 0 Å². The maximum atomic E-state index is 9.59. The van der Waals surface area contributed by atoms with Crippen molar-refractivity contribution >= 4 is 0 Å². The van der Waals surface area contributed by atoms with E-state index >= 15 is 0 Å². The molecule has 0 amide bonds. The molecule has 1 N–H and O–H groups in total. The van der Waals surface area contributed by atoms with Crippen molar-refractivity contribution in [3.8, 4) is 0 Å². The first-order valence-corrected chi connectivity index (χ1v) is 3.67. The molecule has 1 aliphatic carbocycles. The lowest BCUT2D eigenvalue weighted by Gasteiger charge is -2.25. The Bertz CT molecular complexity index is 118. The van der Waals surface area contributed by atoms with Crippen molar-refractivity contribution in [2.75, 3.05) is 0 Å². The van der Waals surface area contributed by atoms with Crippen LogP contribution in [0.2, 0.25) is 0 Å². The van der Waals surface area contributed by atoms with E-state index in [2.05, 4.69) is 6.08 Å². The maximum Gasteiger partial charge on any atom is 0.0825 e. The Morgan fingerprint density at radius 2 is 2.44 bits per heavy atom. The third kappa shape index (κ3) is 1.55. The topological polar surface area (TPSA) is 20.2 Å². The molecule has 52 valence electrons. The molecule has 1 unspecified atom stereocenters. The van der Waals surface area contributed by atoms with E-state index in [-0.39, 0.29) is 0 Å². The van der Waals surface area contributed by atoms with Gasteiger partial charge in [-0.25, -0.2) is 0 Å². The van der Waals surface area contributed by atoms with E-state index < -0.39 is 5.60 Å². The van der Waals surface area contributed by atoms with E-state index in [1.807, 2.05) is 13.0 Å².